The summed E-state index contributed by atoms with van der Waals surface area (Å²) in [5, 5.41) is 10.8. The number of halogens is 1. The zero-order chi connectivity index (χ0) is 21.1. The smallest absolute Gasteiger partial charge is 0.269 e. The largest absolute Gasteiger partial charge is 0.338 e. The number of benzene rings is 2. The molecule has 158 valence electrons. The Balaban J connectivity index is 1.25. The second-order valence-electron chi connectivity index (χ2n) is 8.34. The zero-order valence-corrected chi connectivity index (χ0v) is 16.9. The Kier molecular flexibility index (Phi) is 6.08. The molecule has 30 heavy (non-hydrogen) atoms. The Hall–Kier alpha value is -2.80. The Bertz CT molecular complexity index is 893. The molecule has 1 atom stereocenters. The number of carbonyl (C=O) groups is 1. The molecule has 0 aromatic heterocycles. The van der Waals surface area contributed by atoms with E-state index in [1.54, 1.807) is 0 Å². The fraction of sp³-hybridized carbons (Fsp3) is 0.435. The zero-order valence-electron chi connectivity index (χ0n) is 16.9. The molecule has 1 unspecified atom stereocenters. The highest BCUT2D eigenvalue weighted by Gasteiger charge is 2.30. The van der Waals surface area contributed by atoms with E-state index in [-0.39, 0.29) is 17.4 Å². The van der Waals surface area contributed by atoms with E-state index in [9.17, 15) is 19.3 Å². The maximum Gasteiger partial charge on any atom is 0.269 e. The highest BCUT2D eigenvalue weighted by molar-refractivity contribution is 5.94. The summed E-state index contributed by atoms with van der Waals surface area (Å²) in [6.45, 7) is 4.49. The fourth-order valence-corrected chi connectivity index (χ4v) is 4.62. The number of non-ortho nitro benzene ring substituents is 1. The molecule has 0 spiro atoms. The van der Waals surface area contributed by atoms with Gasteiger partial charge in [0, 0.05) is 37.3 Å². The van der Waals surface area contributed by atoms with E-state index in [2.05, 4.69) is 4.90 Å². The van der Waals surface area contributed by atoms with Crippen molar-refractivity contribution in [2.45, 2.75) is 25.2 Å². The van der Waals surface area contributed by atoms with Gasteiger partial charge in [-0.3, -0.25) is 14.9 Å². The molecule has 0 bridgehead atoms. The maximum atomic E-state index is 13.1. The van der Waals surface area contributed by atoms with Crippen LogP contribution in [0.2, 0.25) is 0 Å². The number of nitro benzene ring substituents is 1. The quantitative estimate of drug-likeness (QED) is 0.549. The third-order valence-corrected chi connectivity index (χ3v) is 6.34. The highest BCUT2D eigenvalue weighted by Crippen LogP contribution is 2.29. The summed E-state index contributed by atoms with van der Waals surface area (Å²) in [7, 11) is 0. The number of hydrogen-bond donors (Lipinski definition) is 0. The van der Waals surface area contributed by atoms with Crippen molar-refractivity contribution >= 4 is 11.6 Å². The van der Waals surface area contributed by atoms with Crippen LogP contribution < -0.4 is 0 Å². The molecule has 0 radical (unpaired) electrons. The topological polar surface area (TPSA) is 66.7 Å². The number of carbonyl (C=O) groups excluding carboxylic acids is 1. The van der Waals surface area contributed by atoms with Crippen LogP contribution in [0, 0.1) is 21.8 Å². The Morgan fingerprint density at radius 1 is 1.00 bits per heavy atom. The van der Waals surface area contributed by atoms with Crippen molar-refractivity contribution in [1.82, 2.24) is 9.80 Å². The van der Waals surface area contributed by atoms with Gasteiger partial charge in [-0.05, 0) is 74.0 Å². The molecule has 2 aliphatic heterocycles. The molecular formula is C23H26FN3O3. The first-order valence-corrected chi connectivity index (χ1v) is 10.5. The third kappa shape index (κ3) is 4.67. The van der Waals surface area contributed by atoms with Crippen molar-refractivity contribution in [3.8, 4) is 0 Å². The molecule has 2 aromatic carbocycles. The molecule has 0 N–H and O–H groups in total. The van der Waals surface area contributed by atoms with Gasteiger partial charge in [-0.1, -0.05) is 12.1 Å². The van der Waals surface area contributed by atoms with Gasteiger partial charge >= 0.3 is 0 Å². The SMILES string of the molecule is O=C(c1ccc([N+](=O)[O-])cc1)N1CCC(CN2CCC(c3ccc(F)cc3)CC2)C1. The summed E-state index contributed by atoms with van der Waals surface area (Å²) in [6, 6.07) is 12.7. The molecule has 2 heterocycles. The number of hydrogen-bond acceptors (Lipinski definition) is 4. The van der Waals surface area contributed by atoms with Gasteiger partial charge in [-0.15, -0.1) is 0 Å². The van der Waals surface area contributed by atoms with Gasteiger partial charge in [-0.25, -0.2) is 4.39 Å². The van der Waals surface area contributed by atoms with Gasteiger partial charge in [0.15, 0.2) is 0 Å². The summed E-state index contributed by atoms with van der Waals surface area (Å²) in [5.41, 5.74) is 1.72. The van der Waals surface area contributed by atoms with Crippen molar-refractivity contribution in [2.75, 3.05) is 32.7 Å². The minimum Gasteiger partial charge on any atom is -0.338 e. The lowest BCUT2D eigenvalue weighted by molar-refractivity contribution is -0.384. The fourth-order valence-electron chi connectivity index (χ4n) is 4.62. The molecule has 1 amide bonds. The van der Waals surface area contributed by atoms with Crippen LogP contribution >= 0.6 is 0 Å². The summed E-state index contributed by atoms with van der Waals surface area (Å²) in [6.07, 6.45) is 3.13. The van der Waals surface area contributed by atoms with E-state index in [1.807, 2.05) is 17.0 Å². The Morgan fingerprint density at radius 2 is 1.67 bits per heavy atom. The van der Waals surface area contributed by atoms with Crippen LogP contribution in [0.3, 0.4) is 0 Å². The lowest BCUT2D eigenvalue weighted by atomic mass is 9.89. The average molecular weight is 411 g/mol. The van der Waals surface area contributed by atoms with Gasteiger partial charge in [0.05, 0.1) is 4.92 Å². The first-order valence-electron chi connectivity index (χ1n) is 10.5. The lowest BCUT2D eigenvalue weighted by Crippen LogP contribution is -2.37. The normalized spacial score (nSPS) is 20.4. The van der Waals surface area contributed by atoms with E-state index in [0.717, 1.165) is 52.0 Å². The van der Waals surface area contributed by atoms with Crippen molar-refractivity contribution in [3.63, 3.8) is 0 Å². The molecule has 2 saturated heterocycles. The van der Waals surface area contributed by atoms with Crippen LogP contribution in [-0.2, 0) is 0 Å². The third-order valence-electron chi connectivity index (χ3n) is 6.34. The minimum atomic E-state index is -0.459. The number of nitro groups is 1. The van der Waals surface area contributed by atoms with Crippen LogP contribution in [0.4, 0.5) is 10.1 Å². The summed E-state index contributed by atoms with van der Waals surface area (Å²) < 4.78 is 13.1. The van der Waals surface area contributed by atoms with E-state index in [4.69, 9.17) is 0 Å². The van der Waals surface area contributed by atoms with Crippen LogP contribution in [0.15, 0.2) is 48.5 Å². The van der Waals surface area contributed by atoms with Crippen molar-refractivity contribution < 1.29 is 14.1 Å². The van der Waals surface area contributed by atoms with Gasteiger partial charge in [-0.2, -0.15) is 0 Å². The van der Waals surface area contributed by atoms with Crippen LogP contribution in [0.1, 0.15) is 41.1 Å². The van der Waals surface area contributed by atoms with E-state index in [0.29, 0.717) is 17.4 Å². The molecule has 2 aromatic rings. The predicted octanol–water partition coefficient (Wildman–Crippen LogP) is 4.08. The van der Waals surface area contributed by atoms with E-state index >= 15 is 0 Å². The maximum absolute atomic E-state index is 13.1. The highest BCUT2D eigenvalue weighted by atomic mass is 19.1. The molecule has 4 rings (SSSR count). The molecule has 2 aliphatic rings. The molecular weight excluding hydrogens is 385 g/mol. The van der Waals surface area contributed by atoms with Gasteiger partial charge in [0.25, 0.3) is 11.6 Å². The second-order valence-corrected chi connectivity index (χ2v) is 8.34. The second kappa shape index (κ2) is 8.92. The molecule has 0 aliphatic carbocycles. The minimum absolute atomic E-state index is 0.00473. The van der Waals surface area contributed by atoms with Crippen molar-refractivity contribution in [1.29, 1.82) is 0 Å². The standard InChI is InChI=1S/C23H26FN3O3/c24-21-5-1-18(2-6-21)19-10-12-25(13-11-19)15-17-9-14-26(16-17)23(28)20-3-7-22(8-4-20)27(29)30/h1-8,17,19H,9-16H2. The monoisotopic (exact) mass is 411 g/mol. The van der Waals surface area contributed by atoms with Crippen molar-refractivity contribution in [2.24, 2.45) is 5.92 Å². The van der Waals surface area contributed by atoms with E-state index in [1.165, 1.54) is 42.0 Å². The van der Waals surface area contributed by atoms with Crippen LogP contribution in [0.5, 0.6) is 0 Å². The van der Waals surface area contributed by atoms with Crippen molar-refractivity contribution in [3.05, 3.63) is 75.6 Å². The molecule has 0 saturated carbocycles. The number of piperidine rings is 1. The number of nitrogens with zero attached hydrogens (tertiary/aromatic N) is 3. The predicted molar refractivity (Wildman–Crippen MR) is 112 cm³/mol. The summed E-state index contributed by atoms with van der Waals surface area (Å²) in [5.74, 6) is 0.702. The number of likely N-dealkylation sites (tertiary alicyclic amines) is 2. The summed E-state index contributed by atoms with van der Waals surface area (Å²) in [4.78, 5) is 27.4. The Labute approximate surface area is 175 Å². The average Bonchev–Trinajstić information content (AvgIpc) is 3.23. The van der Waals surface area contributed by atoms with Crippen LogP contribution in [-0.4, -0.2) is 53.4 Å². The number of rotatable bonds is 5. The van der Waals surface area contributed by atoms with Gasteiger partial charge in [0.1, 0.15) is 5.82 Å². The first kappa shape index (κ1) is 20.5. The Morgan fingerprint density at radius 3 is 2.30 bits per heavy atom. The molecule has 6 nitrogen and oxygen atoms in total. The van der Waals surface area contributed by atoms with Gasteiger partial charge < -0.3 is 9.80 Å². The number of amides is 1. The molecule has 2 fully saturated rings. The van der Waals surface area contributed by atoms with Crippen LogP contribution in [0.25, 0.3) is 0 Å². The first-order chi connectivity index (χ1) is 14.5. The summed E-state index contributed by atoms with van der Waals surface area (Å²) >= 11 is 0. The molecule has 7 heteroatoms. The lowest BCUT2D eigenvalue weighted by Gasteiger charge is -2.33. The van der Waals surface area contributed by atoms with Gasteiger partial charge in [0.2, 0.25) is 0 Å². The van der Waals surface area contributed by atoms with E-state index < -0.39 is 4.92 Å².